The van der Waals surface area contributed by atoms with E-state index in [4.69, 9.17) is 0 Å². The number of carbonyl (C=O) groups is 2. The van der Waals surface area contributed by atoms with E-state index in [1.54, 1.807) is 34.1 Å². The Labute approximate surface area is 148 Å². The molecule has 2 amide bonds. The van der Waals surface area contributed by atoms with Crippen LogP contribution >= 0.6 is 0 Å². The molecule has 0 bridgehead atoms. The van der Waals surface area contributed by atoms with E-state index in [9.17, 15) is 18.0 Å². The van der Waals surface area contributed by atoms with Crippen LogP contribution in [-0.4, -0.2) is 62.2 Å². The Balaban J connectivity index is 1.75. The van der Waals surface area contributed by atoms with Gasteiger partial charge in [-0.1, -0.05) is 0 Å². The minimum absolute atomic E-state index is 0.0288. The molecule has 0 saturated carbocycles. The van der Waals surface area contributed by atoms with E-state index in [0.29, 0.717) is 45.6 Å². The summed E-state index contributed by atoms with van der Waals surface area (Å²) in [5.74, 6) is 0.0475. The number of anilines is 1. The lowest BCUT2D eigenvalue weighted by molar-refractivity contribution is -0.128. The molecule has 3 rings (SSSR count). The highest BCUT2D eigenvalue weighted by molar-refractivity contribution is 7.89. The molecule has 0 spiro atoms. The zero-order chi connectivity index (χ0) is 18.0. The zero-order valence-corrected chi connectivity index (χ0v) is 15.2. The van der Waals surface area contributed by atoms with Gasteiger partial charge >= 0.3 is 0 Å². The maximum Gasteiger partial charge on any atom is 0.243 e. The van der Waals surface area contributed by atoms with Crippen LogP contribution in [0.1, 0.15) is 26.2 Å². The third-order valence-corrected chi connectivity index (χ3v) is 6.67. The first-order valence-corrected chi connectivity index (χ1v) is 10.00. The molecule has 1 aromatic rings. The summed E-state index contributed by atoms with van der Waals surface area (Å²) in [6, 6.07) is 6.50. The molecule has 0 atom stereocenters. The van der Waals surface area contributed by atoms with Gasteiger partial charge in [-0.3, -0.25) is 9.59 Å². The van der Waals surface area contributed by atoms with Crippen LogP contribution in [0.25, 0.3) is 0 Å². The van der Waals surface area contributed by atoms with Crippen molar-refractivity contribution >= 4 is 27.5 Å². The Kier molecular flexibility index (Phi) is 5.10. The maximum absolute atomic E-state index is 12.9. The van der Waals surface area contributed by atoms with Crippen molar-refractivity contribution in [1.29, 1.82) is 0 Å². The average Bonchev–Trinajstić information content (AvgIpc) is 2.85. The first-order valence-electron chi connectivity index (χ1n) is 8.56. The van der Waals surface area contributed by atoms with E-state index < -0.39 is 10.0 Å². The molecule has 0 aromatic heterocycles. The molecule has 0 N–H and O–H groups in total. The fourth-order valence-electron chi connectivity index (χ4n) is 3.32. The molecule has 25 heavy (non-hydrogen) atoms. The predicted octanol–water partition coefficient (Wildman–Crippen LogP) is 1.06. The van der Waals surface area contributed by atoms with Crippen molar-refractivity contribution in [2.45, 2.75) is 31.1 Å². The van der Waals surface area contributed by atoms with Gasteiger partial charge in [0.25, 0.3) is 0 Å². The highest BCUT2D eigenvalue weighted by Gasteiger charge is 2.28. The van der Waals surface area contributed by atoms with Crippen LogP contribution < -0.4 is 4.90 Å². The van der Waals surface area contributed by atoms with Crippen LogP contribution in [0.3, 0.4) is 0 Å². The van der Waals surface area contributed by atoms with Gasteiger partial charge in [-0.25, -0.2) is 8.42 Å². The van der Waals surface area contributed by atoms with Crippen molar-refractivity contribution in [1.82, 2.24) is 9.21 Å². The molecule has 2 saturated heterocycles. The summed E-state index contributed by atoms with van der Waals surface area (Å²) in [6.07, 6.45) is 2.00. The summed E-state index contributed by atoms with van der Waals surface area (Å²) in [5, 5.41) is 0. The Bertz CT molecular complexity index is 761. The van der Waals surface area contributed by atoms with Crippen molar-refractivity contribution in [3.8, 4) is 0 Å². The van der Waals surface area contributed by atoms with Crippen molar-refractivity contribution in [2.75, 3.05) is 37.6 Å². The SMILES string of the molecule is CC(=O)N1CCCN(S(=O)(=O)c2ccc(N3CCCC3=O)cc2)CC1. The summed E-state index contributed by atoms with van der Waals surface area (Å²) in [7, 11) is -3.60. The van der Waals surface area contributed by atoms with E-state index in [1.165, 1.54) is 11.2 Å². The maximum atomic E-state index is 12.9. The molecule has 0 aliphatic carbocycles. The van der Waals surface area contributed by atoms with Crippen molar-refractivity contribution < 1.29 is 18.0 Å². The highest BCUT2D eigenvalue weighted by Crippen LogP contribution is 2.24. The van der Waals surface area contributed by atoms with Gasteiger partial charge in [0.15, 0.2) is 0 Å². The molecule has 2 fully saturated rings. The number of hydrogen-bond acceptors (Lipinski definition) is 4. The third-order valence-electron chi connectivity index (χ3n) is 4.76. The van der Waals surface area contributed by atoms with Crippen LogP contribution in [0, 0.1) is 0 Å². The minimum Gasteiger partial charge on any atom is -0.342 e. The van der Waals surface area contributed by atoms with E-state index in [-0.39, 0.29) is 16.7 Å². The molecule has 8 heteroatoms. The molecule has 2 aliphatic heterocycles. The van der Waals surface area contributed by atoms with Crippen molar-refractivity contribution in [2.24, 2.45) is 0 Å². The summed E-state index contributed by atoms with van der Waals surface area (Å²) in [6.45, 7) is 3.87. The second-order valence-corrected chi connectivity index (χ2v) is 8.34. The number of benzene rings is 1. The topological polar surface area (TPSA) is 78.0 Å². The summed E-state index contributed by atoms with van der Waals surface area (Å²) in [4.78, 5) is 26.9. The van der Waals surface area contributed by atoms with Gasteiger partial charge in [0.05, 0.1) is 4.90 Å². The van der Waals surface area contributed by atoms with E-state index in [1.807, 2.05) is 0 Å². The van der Waals surface area contributed by atoms with Gasteiger partial charge in [-0.2, -0.15) is 4.31 Å². The molecule has 2 heterocycles. The van der Waals surface area contributed by atoms with Crippen LogP contribution in [0.5, 0.6) is 0 Å². The monoisotopic (exact) mass is 365 g/mol. The van der Waals surface area contributed by atoms with Gasteiger partial charge in [0, 0.05) is 51.8 Å². The first-order chi connectivity index (χ1) is 11.9. The number of hydrogen-bond donors (Lipinski definition) is 0. The number of carbonyl (C=O) groups excluding carboxylic acids is 2. The van der Waals surface area contributed by atoms with Crippen LogP contribution in [0.4, 0.5) is 5.69 Å². The quantitative estimate of drug-likeness (QED) is 0.802. The van der Waals surface area contributed by atoms with Crippen LogP contribution in [-0.2, 0) is 19.6 Å². The largest absolute Gasteiger partial charge is 0.342 e. The molecular weight excluding hydrogens is 342 g/mol. The Morgan fingerprint density at radius 1 is 0.960 bits per heavy atom. The minimum atomic E-state index is -3.60. The van der Waals surface area contributed by atoms with Gasteiger partial charge < -0.3 is 9.80 Å². The number of rotatable bonds is 3. The highest BCUT2D eigenvalue weighted by atomic mass is 32.2. The molecule has 136 valence electrons. The first kappa shape index (κ1) is 17.9. The summed E-state index contributed by atoms with van der Waals surface area (Å²) < 4.78 is 27.1. The molecule has 2 aliphatic rings. The zero-order valence-electron chi connectivity index (χ0n) is 14.3. The number of nitrogens with zero attached hydrogens (tertiary/aromatic N) is 3. The number of sulfonamides is 1. The normalized spacial score (nSPS) is 20.0. The molecule has 0 unspecified atom stereocenters. The van der Waals surface area contributed by atoms with Gasteiger partial charge in [0.2, 0.25) is 21.8 Å². The van der Waals surface area contributed by atoms with E-state index >= 15 is 0 Å². The van der Waals surface area contributed by atoms with Gasteiger partial charge in [-0.05, 0) is 37.1 Å². The second-order valence-electron chi connectivity index (χ2n) is 6.41. The number of amides is 2. The standard InChI is InChI=1S/C17H23N3O4S/c1-14(21)18-9-3-10-19(13-12-18)25(23,24)16-7-5-15(6-8-16)20-11-2-4-17(20)22/h5-8H,2-4,9-13H2,1H3. The fraction of sp³-hybridized carbons (Fsp3) is 0.529. The van der Waals surface area contributed by atoms with Gasteiger partial charge in [-0.15, -0.1) is 0 Å². The van der Waals surface area contributed by atoms with E-state index in [2.05, 4.69) is 0 Å². The van der Waals surface area contributed by atoms with E-state index in [0.717, 1.165) is 12.1 Å². The van der Waals surface area contributed by atoms with Crippen LogP contribution in [0.15, 0.2) is 29.2 Å². The molecular formula is C17H23N3O4S. The molecule has 1 aromatic carbocycles. The molecule has 0 radical (unpaired) electrons. The van der Waals surface area contributed by atoms with Crippen molar-refractivity contribution in [3.05, 3.63) is 24.3 Å². The fourth-order valence-corrected chi connectivity index (χ4v) is 4.79. The Hall–Kier alpha value is -1.93. The van der Waals surface area contributed by atoms with Crippen molar-refractivity contribution in [3.63, 3.8) is 0 Å². The average molecular weight is 365 g/mol. The Morgan fingerprint density at radius 3 is 2.28 bits per heavy atom. The lowest BCUT2D eigenvalue weighted by Crippen LogP contribution is -2.36. The lowest BCUT2D eigenvalue weighted by atomic mass is 10.3. The smallest absolute Gasteiger partial charge is 0.243 e. The predicted molar refractivity (Wildman–Crippen MR) is 93.7 cm³/mol. The Morgan fingerprint density at radius 2 is 1.68 bits per heavy atom. The van der Waals surface area contributed by atoms with Crippen LogP contribution in [0.2, 0.25) is 0 Å². The molecule has 7 nitrogen and oxygen atoms in total. The lowest BCUT2D eigenvalue weighted by Gasteiger charge is -2.21. The summed E-state index contributed by atoms with van der Waals surface area (Å²) in [5.41, 5.74) is 0.736. The third kappa shape index (κ3) is 3.69. The second kappa shape index (κ2) is 7.13. The van der Waals surface area contributed by atoms with Gasteiger partial charge in [0.1, 0.15) is 0 Å². The summed E-state index contributed by atoms with van der Waals surface area (Å²) >= 11 is 0.